The summed E-state index contributed by atoms with van der Waals surface area (Å²) in [6, 6.07) is 10.5. The number of aromatic amines is 1. The van der Waals surface area contributed by atoms with Crippen LogP contribution in [0.3, 0.4) is 0 Å². The average molecular weight is 323 g/mol. The highest BCUT2D eigenvalue weighted by atomic mass is 15.2. The van der Waals surface area contributed by atoms with Crippen LogP contribution >= 0.6 is 0 Å². The zero-order chi connectivity index (χ0) is 16.8. The summed E-state index contributed by atoms with van der Waals surface area (Å²) in [6.07, 6.45) is 7.20. The van der Waals surface area contributed by atoms with Crippen LogP contribution < -0.4 is 10.6 Å². The number of aliphatic imine (C=N–C) groups is 1. The maximum atomic E-state index is 4.65. The molecule has 126 valence electrons. The lowest BCUT2D eigenvalue weighted by Gasteiger charge is -2.10. The molecule has 0 aliphatic carbocycles. The van der Waals surface area contributed by atoms with Gasteiger partial charge < -0.3 is 20.2 Å². The van der Waals surface area contributed by atoms with Gasteiger partial charge >= 0.3 is 0 Å². The summed E-state index contributed by atoms with van der Waals surface area (Å²) in [7, 11) is 2.03. The van der Waals surface area contributed by atoms with Crippen LogP contribution in [0.1, 0.15) is 18.1 Å². The summed E-state index contributed by atoms with van der Waals surface area (Å²) in [6.45, 7) is 4.47. The van der Waals surface area contributed by atoms with Crippen LogP contribution in [0.2, 0.25) is 0 Å². The molecule has 0 atom stereocenters. The summed E-state index contributed by atoms with van der Waals surface area (Å²) < 4.78 is 2.04. The number of aryl methyl sites for hydroxylation is 1. The summed E-state index contributed by atoms with van der Waals surface area (Å²) >= 11 is 0. The second-order valence-corrected chi connectivity index (χ2v) is 5.92. The molecule has 0 aliphatic rings. The monoisotopic (exact) mass is 323 g/mol. The predicted molar refractivity (Wildman–Crippen MR) is 100 cm³/mol. The molecule has 3 rings (SSSR count). The fourth-order valence-electron chi connectivity index (χ4n) is 2.82. The lowest BCUT2D eigenvalue weighted by atomic mass is 10.1. The molecule has 5 heteroatoms. The SMILES string of the molecule is CCNC(=NCc1ccn(C)c1)NCCc1c[nH]c2ccccc12. The molecule has 3 N–H and O–H groups in total. The quantitative estimate of drug-likeness (QED) is 0.482. The average Bonchev–Trinajstić information content (AvgIpc) is 3.19. The molecule has 2 aromatic heterocycles. The largest absolute Gasteiger partial charge is 0.361 e. The fraction of sp³-hybridized carbons (Fsp3) is 0.316. The molecular formula is C19H25N5. The van der Waals surface area contributed by atoms with Gasteiger partial charge in [0.1, 0.15) is 0 Å². The molecular weight excluding hydrogens is 298 g/mol. The van der Waals surface area contributed by atoms with Crippen LogP contribution in [-0.4, -0.2) is 28.6 Å². The van der Waals surface area contributed by atoms with Crippen LogP contribution in [0, 0.1) is 0 Å². The van der Waals surface area contributed by atoms with E-state index in [1.54, 1.807) is 0 Å². The fourth-order valence-corrected chi connectivity index (χ4v) is 2.82. The van der Waals surface area contributed by atoms with E-state index in [4.69, 9.17) is 0 Å². The van der Waals surface area contributed by atoms with Crippen LogP contribution in [0.4, 0.5) is 0 Å². The summed E-state index contributed by atoms with van der Waals surface area (Å²) in [5, 5.41) is 8.02. The minimum atomic E-state index is 0.684. The van der Waals surface area contributed by atoms with Gasteiger partial charge in [0.25, 0.3) is 0 Å². The number of nitrogens with zero attached hydrogens (tertiary/aromatic N) is 2. The Kier molecular flexibility index (Phi) is 5.21. The number of guanidine groups is 1. The molecule has 0 aliphatic heterocycles. The number of fused-ring (bicyclic) bond motifs is 1. The van der Waals surface area contributed by atoms with Crippen molar-refractivity contribution in [3.05, 3.63) is 60.0 Å². The molecule has 3 aromatic rings. The van der Waals surface area contributed by atoms with Gasteiger partial charge in [-0.05, 0) is 36.6 Å². The van der Waals surface area contributed by atoms with E-state index in [1.165, 1.54) is 22.0 Å². The van der Waals surface area contributed by atoms with Crippen LogP contribution in [0.25, 0.3) is 10.9 Å². The Hall–Kier alpha value is -2.69. The minimum absolute atomic E-state index is 0.684. The predicted octanol–water partition coefficient (Wildman–Crippen LogP) is 2.80. The summed E-state index contributed by atoms with van der Waals surface area (Å²) in [5.41, 5.74) is 3.74. The van der Waals surface area contributed by atoms with Crippen molar-refractivity contribution >= 4 is 16.9 Å². The van der Waals surface area contributed by atoms with Crippen molar-refractivity contribution in [1.29, 1.82) is 0 Å². The lowest BCUT2D eigenvalue weighted by molar-refractivity contribution is 0.801. The Morgan fingerprint density at radius 3 is 2.88 bits per heavy atom. The van der Waals surface area contributed by atoms with Crippen LogP contribution in [0.5, 0.6) is 0 Å². The van der Waals surface area contributed by atoms with E-state index in [1.807, 2.05) is 17.8 Å². The van der Waals surface area contributed by atoms with Gasteiger partial charge in [-0.25, -0.2) is 4.99 Å². The van der Waals surface area contributed by atoms with E-state index < -0.39 is 0 Å². The minimum Gasteiger partial charge on any atom is -0.361 e. The second kappa shape index (κ2) is 7.73. The van der Waals surface area contributed by atoms with Gasteiger partial charge in [-0.15, -0.1) is 0 Å². The molecule has 2 heterocycles. The molecule has 0 saturated heterocycles. The van der Waals surface area contributed by atoms with Crippen molar-refractivity contribution in [3.8, 4) is 0 Å². The third-order valence-corrected chi connectivity index (χ3v) is 4.02. The Bertz CT molecular complexity index is 812. The number of aromatic nitrogens is 2. The molecule has 0 radical (unpaired) electrons. The third kappa shape index (κ3) is 3.98. The van der Waals surface area contributed by atoms with Gasteiger partial charge in [0.05, 0.1) is 6.54 Å². The second-order valence-electron chi connectivity index (χ2n) is 5.92. The maximum absolute atomic E-state index is 4.65. The van der Waals surface area contributed by atoms with E-state index in [0.717, 1.165) is 25.5 Å². The highest BCUT2D eigenvalue weighted by Gasteiger charge is 2.03. The lowest BCUT2D eigenvalue weighted by Crippen LogP contribution is -2.38. The van der Waals surface area contributed by atoms with Gasteiger partial charge in [-0.2, -0.15) is 0 Å². The summed E-state index contributed by atoms with van der Waals surface area (Å²) in [4.78, 5) is 7.98. The van der Waals surface area contributed by atoms with Crippen molar-refractivity contribution < 1.29 is 0 Å². The zero-order valence-corrected chi connectivity index (χ0v) is 14.3. The van der Waals surface area contributed by atoms with Gasteiger partial charge in [0.15, 0.2) is 5.96 Å². The van der Waals surface area contributed by atoms with Crippen molar-refractivity contribution in [2.75, 3.05) is 13.1 Å². The van der Waals surface area contributed by atoms with E-state index >= 15 is 0 Å². The Morgan fingerprint density at radius 2 is 2.08 bits per heavy atom. The smallest absolute Gasteiger partial charge is 0.191 e. The number of hydrogen-bond donors (Lipinski definition) is 3. The molecule has 0 bridgehead atoms. The first-order valence-electron chi connectivity index (χ1n) is 8.44. The van der Waals surface area contributed by atoms with E-state index in [-0.39, 0.29) is 0 Å². The molecule has 0 saturated carbocycles. The van der Waals surface area contributed by atoms with E-state index in [9.17, 15) is 0 Å². The van der Waals surface area contributed by atoms with Crippen LogP contribution in [0.15, 0.2) is 53.9 Å². The van der Waals surface area contributed by atoms with E-state index in [2.05, 4.69) is 70.3 Å². The molecule has 24 heavy (non-hydrogen) atoms. The molecule has 0 spiro atoms. The Morgan fingerprint density at radius 1 is 1.21 bits per heavy atom. The normalized spacial score (nSPS) is 11.8. The van der Waals surface area contributed by atoms with Crippen molar-refractivity contribution in [2.24, 2.45) is 12.0 Å². The Balaban J connectivity index is 1.57. The summed E-state index contributed by atoms with van der Waals surface area (Å²) in [5.74, 6) is 0.862. The van der Waals surface area contributed by atoms with Gasteiger partial charge in [-0.1, -0.05) is 18.2 Å². The number of benzene rings is 1. The van der Waals surface area contributed by atoms with Crippen LogP contribution in [-0.2, 0) is 20.0 Å². The third-order valence-electron chi connectivity index (χ3n) is 4.02. The van der Waals surface area contributed by atoms with Crippen molar-refractivity contribution in [3.63, 3.8) is 0 Å². The number of hydrogen-bond acceptors (Lipinski definition) is 1. The highest BCUT2D eigenvalue weighted by Crippen LogP contribution is 2.17. The maximum Gasteiger partial charge on any atom is 0.191 e. The molecule has 0 fully saturated rings. The van der Waals surface area contributed by atoms with Gasteiger partial charge in [-0.3, -0.25) is 0 Å². The first-order chi connectivity index (χ1) is 11.8. The molecule has 0 unspecified atom stereocenters. The first kappa shape index (κ1) is 16.2. The van der Waals surface area contributed by atoms with Crippen molar-refractivity contribution in [1.82, 2.24) is 20.2 Å². The van der Waals surface area contributed by atoms with E-state index in [0.29, 0.717) is 6.54 Å². The number of rotatable bonds is 6. The Labute approximate surface area is 142 Å². The molecule has 0 amide bonds. The van der Waals surface area contributed by atoms with Crippen molar-refractivity contribution in [2.45, 2.75) is 19.9 Å². The first-order valence-corrected chi connectivity index (χ1v) is 8.44. The number of para-hydroxylation sites is 1. The number of nitrogens with one attached hydrogen (secondary N) is 3. The standard InChI is InChI=1S/C19H25N5/c1-3-20-19(23-12-15-9-11-24(2)14-15)21-10-8-16-13-22-18-7-5-4-6-17(16)18/h4-7,9,11,13-14,22H,3,8,10,12H2,1-2H3,(H2,20,21,23). The number of H-pyrrole nitrogens is 1. The molecule has 1 aromatic carbocycles. The zero-order valence-electron chi connectivity index (χ0n) is 14.3. The van der Waals surface area contributed by atoms with Gasteiger partial charge in [0.2, 0.25) is 0 Å². The highest BCUT2D eigenvalue weighted by molar-refractivity contribution is 5.83. The topological polar surface area (TPSA) is 57.1 Å². The molecule has 5 nitrogen and oxygen atoms in total. The van der Waals surface area contributed by atoms with Gasteiger partial charge in [0, 0.05) is 49.6 Å².